The summed E-state index contributed by atoms with van der Waals surface area (Å²) in [6, 6.07) is 12.5. The van der Waals surface area contributed by atoms with Crippen molar-refractivity contribution in [2.24, 2.45) is 0 Å². The van der Waals surface area contributed by atoms with Crippen LogP contribution in [0, 0.1) is 27.7 Å². The van der Waals surface area contributed by atoms with Gasteiger partial charge in [0.25, 0.3) is 10.0 Å². The Kier molecular flexibility index (Phi) is 4.39. The van der Waals surface area contributed by atoms with Crippen molar-refractivity contribution in [3.63, 3.8) is 0 Å². The quantitative estimate of drug-likeness (QED) is 0.753. The number of sulfonamides is 1. The number of oxazole rings is 1. The minimum Gasteiger partial charge on any atom is -0.446 e. The van der Waals surface area contributed by atoms with Crippen LogP contribution in [-0.2, 0) is 10.0 Å². The van der Waals surface area contributed by atoms with E-state index in [0.29, 0.717) is 22.0 Å². The number of hydrogen-bond donors (Lipinski definition) is 1. The smallest absolute Gasteiger partial charge is 0.262 e. The van der Waals surface area contributed by atoms with Crippen LogP contribution in [0.1, 0.15) is 22.8 Å². The van der Waals surface area contributed by atoms with Crippen LogP contribution in [0.3, 0.4) is 0 Å². The molecule has 1 N–H and O–H groups in total. The molecule has 0 aliphatic heterocycles. The number of hydrogen-bond acceptors (Lipinski definition) is 4. The fourth-order valence-electron chi connectivity index (χ4n) is 2.70. The van der Waals surface area contributed by atoms with Crippen molar-refractivity contribution in [1.29, 1.82) is 0 Å². The third-order valence-corrected chi connectivity index (χ3v) is 5.47. The Morgan fingerprint density at radius 2 is 1.64 bits per heavy atom. The second-order valence-electron chi connectivity index (χ2n) is 6.09. The topological polar surface area (TPSA) is 72.2 Å². The Labute approximate surface area is 147 Å². The van der Waals surface area contributed by atoms with E-state index in [1.165, 1.54) is 0 Å². The highest BCUT2D eigenvalue weighted by atomic mass is 32.2. The maximum Gasteiger partial charge on any atom is 0.262 e. The zero-order chi connectivity index (χ0) is 18.2. The molecule has 0 saturated heterocycles. The molecule has 5 nitrogen and oxygen atoms in total. The summed E-state index contributed by atoms with van der Waals surface area (Å²) in [5.41, 5.74) is 3.76. The first kappa shape index (κ1) is 17.2. The van der Waals surface area contributed by atoms with Gasteiger partial charge in [0, 0.05) is 18.2 Å². The molecule has 0 amide bonds. The minimum atomic E-state index is -3.63. The molecule has 0 spiro atoms. The second kappa shape index (κ2) is 6.37. The van der Waals surface area contributed by atoms with Gasteiger partial charge in [-0.1, -0.05) is 24.3 Å². The van der Waals surface area contributed by atoms with Gasteiger partial charge in [0.2, 0.25) is 0 Å². The van der Waals surface area contributed by atoms with Crippen molar-refractivity contribution >= 4 is 15.7 Å². The lowest BCUT2D eigenvalue weighted by molar-refractivity contribution is 0.495. The molecule has 6 heteroatoms. The average Bonchev–Trinajstić information content (AvgIpc) is 2.88. The van der Waals surface area contributed by atoms with Crippen LogP contribution >= 0.6 is 0 Å². The van der Waals surface area contributed by atoms with E-state index in [9.17, 15) is 8.42 Å². The Bertz CT molecular complexity index is 1020. The fourth-order valence-corrected chi connectivity index (χ4v) is 4.09. The first-order valence-electron chi connectivity index (χ1n) is 7.91. The first-order valence-corrected chi connectivity index (χ1v) is 9.39. The van der Waals surface area contributed by atoms with Crippen molar-refractivity contribution in [1.82, 2.24) is 4.98 Å². The summed E-state index contributed by atoms with van der Waals surface area (Å²) < 4.78 is 33.4. The van der Waals surface area contributed by atoms with Crippen LogP contribution in [0.2, 0.25) is 0 Å². The van der Waals surface area contributed by atoms with Gasteiger partial charge in [0.05, 0.1) is 4.90 Å². The Morgan fingerprint density at radius 3 is 2.24 bits per heavy atom. The highest BCUT2D eigenvalue weighted by molar-refractivity contribution is 7.92. The van der Waals surface area contributed by atoms with Crippen molar-refractivity contribution in [2.75, 3.05) is 4.72 Å². The maximum atomic E-state index is 12.6. The Hall–Kier alpha value is -2.60. The molecule has 0 unspecified atom stereocenters. The molecule has 0 radical (unpaired) electrons. The van der Waals surface area contributed by atoms with Crippen molar-refractivity contribution in [2.45, 2.75) is 32.6 Å². The number of aryl methyl sites for hydroxylation is 4. The van der Waals surface area contributed by atoms with E-state index >= 15 is 0 Å². The van der Waals surface area contributed by atoms with Gasteiger partial charge in [-0.3, -0.25) is 4.72 Å². The van der Waals surface area contributed by atoms with Crippen LogP contribution in [-0.4, -0.2) is 13.4 Å². The Morgan fingerprint density at radius 1 is 0.960 bits per heavy atom. The normalized spacial score (nSPS) is 11.5. The summed E-state index contributed by atoms with van der Waals surface area (Å²) in [5, 5.41) is 0. The molecular formula is C19H20N2O3S. The highest BCUT2D eigenvalue weighted by Gasteiger charge is 2.17. The summed E-state index contributed by atoms with van der Waals surface area (Å²) >= 11 is 0. The van der Waals surface area contributed by atoms with Gasteiger partial charge in [0.15, 0.2) is 5.89 Å². The highest BCUT2D eigenvalue weighted by Crippen LogP contribution is 2.26. The van der Waals surface area contributed by atoms with Crippen molar-refractivity contribution < 1.29 is 12.8 Å². The number of benzene rings is 2. The van der Waals surface area contributed by atoms with E-state index in [1.807, 2.05) is 38.1 Å². The van der Waals surface area contributed by atoms with E-state index in [1.54, 1.807) is 32.0 Å². The fraction of sp³-hybridized carbons (Fsp3) is 0.211. The third kappa shape index (κ3) is 3.58. The van der Waals surface area contributed by atoms with E-state index in [0.717, 1.165) is 22.6 Å². The van der Waals surface area contributed by atoms with Gasteiger partial charge in [-0.25, -0.2) is 13.4 Å². The molecule has 130 valence electrons. The summed E-state index contributed by atoms with van der Waals surface area (Å²) in [7, 11) is -3.63. The molecule has 1 heterocycles. The van der Waals surface area contributed by atoms with Gasteiger partial charge in [-0.2, -0.15) is 0 Å². The van der Waals surface area contributed by atoms with E-state index < -0.39 is 10.0 Å². The number of aromatic nitrogens is 1. The van der Waals surface area contributed by atoms with Gasteiger partial charge in [0.1, 0.15) is 11.5 Å². The number of anilines is 1. The monoisotopic (exact) mass is 356 g/mol. The molecule has 1 aromatic heterocycles. The molecular weight excluding hydrogens is 336 g/mol. The predicted octanol–water partition coefficient (Wildman–Crippen LogP) is 4.38. The molecule has 25 heavy (non-hydrogen) atoms. The van der Waals surface area contributed by atoms with Crippen LogP contribution in [0.15, 0.2) is 51.8 Å². The lowest BCUT2D eigenvalue weighted by Gasteiger charge is -2.11. The molecule has 0 atom stereocenters. The third-order valence-electron chi connectivity index (χ3n) is 3.95. The van der Waals surface area contributed by atoms with Gasteiger partial charge in [-0.05, 0) is 50.1 Å². The number of nitrogens with one attached hydrogen (secondary N) is 1. The minimum absolute atomic E-state index is 0.291. The van der Waals surface area contributed by atoms with Crippen molar-refractivity contribution in [3.8, 4) is 11.3 Å². The summed E-state index contributed by atoms with van der Waals surface area (Å²) in [5.74, 6) is 1.34. The van der Waals surface area contributed by atoms with Gasteiger partial charge < -0.3 is 4.42 Å². The molecule has 3 rings (SSSR count). The summed E-state index contributed by atoms with van der Waals surface area (Å²) in [4.78, 5) is 4.64. The number of nitrogens with zero attached hydrogens (tertiary/aromatic N) is 1. The van der Waals surface area contributed by atoms with E-state index in [2.05, 4.69) is 9.71 Å². The predicted molar refractivity (Wildman–Crippen MR) is 98.1 cm³/mol. The van der Waals surface area contributed by atoms with Crippen LogP contribution in [0.5, 0.6) is 0 Å². The molecule has 3 aromatic rings. The SMILES string of the molecule is Cc1ccc(C)c(S(=O)(=O)Nc2ccc(-c3nc(C)oc3C)cc2)c1. The summed E-state index contributed by atoms with van der Waals surface area (Å²) in [6.45, 7) is 7.30. The number of rotatable bonds is 4. The molecule has 0 fully saturated rings. The largest absolute Gasteiger partial charge is 0.446 e. The zero-order valence-electron chi connectivity index (χ0n) is 14.6. The van der Waals surface area contributed by atoms with E-state index in [-0.39, 0.29) is 0 Å². The second-order valence-corrected chi connectivity index (χ2v) is 7.74. The average molecular weight is 356 g/mol. The molecule has 0 aliphatic carbocycles. The van der Waals surface area contributed by atoms with E-state index in [4.69, 9.17) is 4.42 Å². The Balaban J connectivity index is 1.88. The summed E-state index contributed by atoms with van der Waals surface area (Å²) in [6.07, 6.45) is 0. The van der Waals surface area contributed by atoms with Gasteiger partial charge >= 0.3 is 0 Å². The molecule has 0 aliphatic rings. The first-order chi connectivity index (χ1) is 11.8. The molecule has 0 saturated carbocycles. The van der Waals surface area contributed by atoms with Crippen molar-refractivity contribution in [3.05, 3.63) is 65.2 Å². The lowest BCUT2D eigenvalue weighted by atomic mass is 10.1. The molecule has 2 aromatic carbocycles. The maximum absolute atomic E-state index is 12.6. The van der Waals surface area contributed by atoms with Crippen LogP contribution < -0.4 is 4.72 Å². The zero-order valence-corrected chi connectivity index (χ0v) is 15.4. The molecule has 0 bridgehead atoms. The van der Waals surface area contributed by atoms with Gasteiger partial charge in [-0.15, -0.1) is 0 Å². The standard InChI is InChI=1S/C19H20N2O3S/c1-12-5-6-13(2)18(11-12)25(22,23)21-17-9-7-16(8-10-17)19-14(3)24-15(4)20-19/h5-11,21H,1-4H3. The van der Waals surface area contributed by atoms with Crippen LogP contribution in [0.25, 0.3) is 11.3 Å². The lowest BCUT2D eigenvalue weighted by Crippen LogP contribution is -2.14. The van der Waals surface area contributed by atoms with Crippen LogP contribution in [0.4, 0.5) is 5.69 Å².